The molecule has 0 atom stereocenters. The molecule has 122 valence electrons. The van der Waals surface area contributed by atoms with Crippen molar-refractivity contribution in [2.24, 2.45) is 0 Å². The first-order valence-electron chi connectivity index (χ1n) is 7.46. The molecular formula is C16H25N3O2S. The molecular weight excluding hydrogens is 298 g/mol. The lowest BCUT2D eigenvalue weighted by Crippen LogP contribution is -2.28. The van der Waals surface area contributed by atoms with E-state index in [0.29, 0.717) is 6.42 Å². The lowest BCUT2D eigenvalue weighted by molar-refractivity contribution is 0.323. The molecule has 1 aromatic carbocycles. The van der Waals surface area contributed by atoms with Crippen molar-refractivity contribution in [1.29, 1.82) is 0 Å². The van der Waals surface area contributed by atoms with Gasteiger partial charge in [-0.2, -0.15) is 0 Å². The van der Waals surface area contributed by atoms with Gasteiger partial charge in [0.15, 0.2) is 0 Å². The summed E-state index contributed by atoms with van der Waals surface area (Å²) in [5, 5.41) is 1.25. The molecule has 1 N–H and O–H groups in total. The standard InChI is InChI=1S/C16H25N3O2S/c1-13-14-8-5-6-9-15(14)17-16(13)12-19(4)10-7-11-22(20,21)18(2)3/h5-6,8-9,17H,7,10-12H2,1-4H3. The average Bonchev–Trinajstić information content (AvgIpc) is 2.75. The zero-order valence-corrected chi connectivity index (χ0v) is 14.6. The fourth-order valence-electron chi connectivity index (χ4n) is 2.54. The topological polar surface area (TPSA) is 56.4 Å². The SMILES string of the molecule is Cc1c(CN(C)CCCS(=O)(=O)N(C)C)[nH]c2ccccc12. The van der Waals surface area contributed by atoms with Crippen LogP contribution in [-0.2, 0) is 16.6 Å². The Balaban J connectivity index is 1.94. The van der Waals surface area contributed by atoms with E-state index < -0.39 is 10.0 Å². The molecule has 0 saturated carbocycles. The number of aromatic nitrogens is 1. The van der Waals surface area contributed by atoms with E-state index >= 15 is 0 Å². The second-order valence-corrected chi connectivity index (χ2v) is 8.27. The number of nitrogens with one attached hydrogen (secondary N) is 1. The molecule has 0 unspecified atom stereocenters. The summed E-state index contributed by atoms with van der Waals surface area (Å²) in [5.74, 6) is 0.190. The van der Waals surface area contributed by atoms with Gasteiger partial charge in [0.2, 0.25) is 10.0 Å². The molecule has 5 nitrogen and oxygen atoms in total. The third-order valence-corrected chi connectivity index (χ3v) is 5.91. The van der Waals surface area contributed by atoms with Crippen LogP contribution >= 0.6 is 0 Å². The number of H-pyrrole nitrogens is 1. The second kappa shape index (κ2) is 6.81. The van der Waals surface area contributed by atoms with Crippen molar-refractivity contribution in [3.8, 4) is 0 Å². The zero-order chi connectivity index (χ0) is 16.3. The number of fused-ring (bicyclic) bond motifs is 1. The average molecular weight is 323 g/mol. The maximum absolute atomic E-state index is 11.7. The van der Waals surface area contributed by atoms with Crippen LogP contribution in [0.3, 0.4) is 0 Å². The molecule has 0 radical (unpaired) electrons. The number of rotatable bonds is 7. The number of nitrogens with zero attached hydrogens (tertiary/aromatic N) is 2. The quantitative estimate of drug-likeness (QED) is 0.850. The minimum Gasteiger partial charge on any atom is -0.357 e. The maximum Gasteiger partial charge on any atom is 0.213 e. The third-order valence-electron chi connectivity index (χ3n) is 4.00. The number of hydrogen-bond donors (Lipinski definition) is 1. The smallest absolute Gasteiger partial charge is 0.213 e. The van der Waals surface area contributed by atoms with Crippen molar-refractivity contribution in [2.45, 2.75) is 19.9 Å². The van der Waals surface area contributed by atoms with E-state index in [9.17, 15) is 8.42 Å². The molecule has 0 fully saturated rings. The fourth-order valence-corrected chi connectivity index (χ4v) is 3.40. The predicted molar refractivity (Wildman–Crippen MR) is 91.5 cm³/mol. The van der Waals surface area contributed by atoms with Crippen LogP contribution in [0.15, 0.2) is 24.3 Å². The highest BCUT2D eigenvalue weighted by atomic mass is 32.2. The number of sulfonamides is 1. The van der Waals surface area contributed by atoms with E-state index in [2.05, 4.69) is 28.9 Å². The molecule has 2 aromatic rings. The van der Waals surface area contributed by atoms with Gasteiger partial charge in [0.1, 0.15) is 0 Å². The minimum absolute atomic E-state index is 0.190. The summed E-state index contributed by atoms with van der Waals surface area (Å²) in [6.45, 7) is 3.67. The van der Waals surface area contributed by atoms with Gasteiger partial charge in [-0.15, -0.1) is 0 Å². The molecule has 2 rings (SSSR count). The summed E-state index contributed by atoms with van der Waals surface area (Å²) >= 11 is 0. The van der Waals surface area contributed by atoms with Gasteiger partial charge in [-0.3, -0.25) is 0 Å². The first kappa shape index (κ1) is 17.0. The van der Waals surface area contributed by atoms with E-state index in [1.54, 1.807) is 14.1 Å². The first-order valence-corrected chi connectivity index (χ1v) is 9.07. The van der Waals surface area contributed by atoms with Gasteiger partial charge in [-0.25, -0.2) is 12.7 Å². The van der Waals surface area contributed by atoms with Crippen molar-refractivity contribution in [2.75, 3.05) is 33.4 Å². The number of para-hydroxylation sites is 1. The van der Waals surface area contributed by atoms with E-state index in [-0.39, 0.29) is 5.75 Å². The Morgan fingerprint density at radius 1 is 1.14 bits per heavy atom. The lowest BCUT2D eigenvalue weighted by Gasteiger charge is -2.17. The summed E-state index contributed by atoms with van der Waals surface area (Å²) in [4.78, 5) is 5.61. The van der Waals surface area contributed by atoms with Crippen LogP contribution in [0.4, 0.5) is 0 Å². The molecule has 0 aliphatic rings. The van der Waals surface area contributed by atoms with Gasteiger partial charge in [0, 0.05) is 37.2 Å². The number of aromatic amines is 1. The van der Waals surface area contributed by atoms with Crippen LogP contribution in [0, 0.1) is 6.92 Å². The highest BCUT2D eigenvalue weighted by Gasteiger charge is 2.14. The van der Waals surface area contributed by atoms with Crippen LogP contribution in [0.5, 0.6) is 0 Å². The monoisotopic (exact) mass is 323 g/mol. The molecule has 1 aromatic heterocycles. The highest BCUT2D eigenvalue weighted by molar-refractivity contribution is 7.89. The van der Waals surface area contributed by atoms with Gasteiger partial charge in [0.25, 0.3) is 0 Å². The van der Waals surface area contributed by atoms with E-state index in [1.165, 1.54) is 20.9 Å². The zero-order valence-electron chi connectivity index (χ0n) is 13.8. The van der Waals surface area contributed by atoms with Gasteiger partial charge in [-0.05, 0) is 38.6 Å². The maximum atomic E-state index is 11.7. The van der Waals surface area contributed by atoms with Gasteiger partial charge >= 0.3 is 0 Å². The van der Waals surface area contributed by atoms with E-state index in [0.717, 1.165) is 18.6 Å². The van der Waals surface area contributed by atoms with Crippen LogP contribution in [0.2, 0.25) is 0 Å². The molecule has 0 amide bonds. The molecule has 0 aliphatic heterocycles. The third kappa shape index (κ3) is 3.88. The van der Waals surface area contributed by atoms with Gasteiger partial charge < -0.3 is 9.88 Å². The fraction of sp³-hybridized carbons (Fsp3) is 0.500. The Morgan fingerprint density at radius 2 is 1.82 bits per heavy atom. The predicted octanol–water partition coefficient (Wildman–Crippen LogP) is 2.19. The van der Waals surface area contributed by atoms with Crippen molar-refractivity contribution in [3.63, 3.8) is 0 Å². The van der Waals surface area contributed by atoms with Crippen LogP contribution in [-0.4, -0.2) is 56.0 Å². The van der Waals surface area contributed by atoms with Crippen LogP contribution in [0.25, 0.3) is 10.9 Å². The Bertz CT molecular complexity index is 735. The van der Waals surface area contributed by atoms with Crippen molar-refractivity contribution in [3.05, 3.63) is 35.5 Å². The molecule has 0 saturated heterocycles. The van der Waals surface area contributed by atoms with Crippen LogP contribution < -0.4 is 0 Å². The molecule has 0 spiro atoms. The van der Waals surface area contributed by atoms with Crippen molar-refractivity contribution < 1.29 is 8.42 Å². The Hall–Kier alpha value is -1.37. The van der Waals surface area contributed by atoms with Gasteiger partial charge in [0.05, 0.1) is 5.75 Å². The summed E-state index contributed by atoms with van der Waals surface area (Å²) in [7, 11) is 2.08. The van der Waals surface area contributed by atoms with E-state index in [4.69, 9.17) is 0 Å². The molecule has 6 heteroatoms. The summed E-state index contributed by atoms with van der Waals surface area (Å²) < 4.78 is 24.8. The number of benzene rings is 1. The Kier molecular flexibility index (Phi) is 5.26. The van der Waals surface area contributed by atoms with Crippen molar-refractivity contribution in [1.82, 2.24) is 14.2 Å². The number of hydrogen-bond acceptors (Lipinski definition) is 3. The normalized spacial score (nSPS) is 12.6. The minimum atomic E-state index is -3.10. The molecule has 22 heavy (non-hydrogen) atoms. The first-order chi connectivity index (χ1) is 10.3. The number of aryl methyl sites for hydroxylation is 1. The van der Waals surface area contributed by atoms with Gasteiger partial charge in [-0.1, -0.05) is 18.2 Å². The highest BCUT2D eigenvalue weighted by Crippen LogP contribution is 2.22. The lowest BCUT2D eigenvalue weighted by atomic mass is 10.1. The summed E-state index contributed by atoms with van der Waals surface area (Å²) in [6, 6.07) is 8.27. The van der Waals surface area contributed by atoms with E-state index in [1.807, 2.05) is 19.2 Å². The molecule has 0 aliphatic carbocycles. The largest absolute Gasteiger partial charge is 0.357 e. The Labute approximate surface area is 133 Å². The summed E-state index contributed by atoms with van der Waals surface area (Å²) in [6.07, 6.45) is 0.635. The molecule has 1 heterocycles. The Morgan fingerprint density at radius 3 is 2.45 bits per heavy atom. The second-order valence-electron chi connectivity index (χ2n) is 5.96. The summed E-state index contributed by atoms with van der Waals surface area (Å²) in [5.41, 5.74) is 3.61. The molecule has 0 bridgehead atoms. The van der Waals surface area contributed by atoms with Crippen LogP contribution in [0.1, 0.15) is 17.7 Å². The van der Waals surface area contributed by atoms with Crippen molar-refractivity contribution >= 4 is 20.9 Å².